The molecule has 0 radical (unpaired) electrons. The highest BCUT2D eigenvalue weighted by Gasteiger charge is 2.29. The Morgan fingerprint density at radius 2 is 2.26 bits per heavy atom. The first-order chi connectivity index (χ1) is 11.3. The van der Waals surface area contributed by atoms with E-state index < -0.39 is 0 Å². The third-order valence-corrected chi connectivity index (χ3v) is 5.23. The maximum Gasteiger partial charge on any atom is 0.233 e. The molecule has 0 saturated carbocycles. The fourth-order valence-corrected chi connectivity index (χ4v) is 3.90. The molecule has 0 unspecified atom stereocenters. The van der Waals surface area contributed by atoms with Crippen molar-refractivity contribution in [1.82, 2.24) is 19.3 Å². The lowest BCUT2D eigenvalue weighted by Gasteiger charge is -2.35. The van der Waals surface area contributed by atoms with E-state index in [0.717, 1.165) is 36.4 Å². The number of carbonyl (C=O) groups excluding carboxylic acids is 1. The number of imidazole rings is 1. The lowest BCUT2D eigenvalue weighted by atomic mass is 9.98. The molecule has 3 aromatic rings. The van der Waals surface area contributed by atoms with Crippen LogP contribution in [0, 0.1) is 0 Å². The van der Waals surface area contributed by atoms with Gasteiger partial charge in [0.05, 0.1) is 18.2 Å². The average Bonchev–Trinajstić information content (AvgIpc) is 3.25. The number of likely N-dealkylation sites (tertiary alicyclic amines) is 1. The molecule has 3 aromatic heterocycles. The fourth-order valence-electron chi connectivity index (χ4n) is 3.20. The second-order valence-corrected chi connectivity index (χ2v) is 6.87. The van der Waals surface area contributed by atoms with Crippen LogP contribution in [-0.4, -0.2) is 31.7 Å². The Labute approximate surface area is 138 Å². The molecule has 1 aliphatic heterocycles. The number of hydrogen-bond donors (Lipinski definition) is 0. The van der Waals surface area contributed by atoms with E-state index in [1.54, 1.807) is 17.5 Å². The van der Waals surface area contributed by atoms with Crippen LogP contribution < -0.4 is 0 Å². The summed E-state index contributed by atoms with van der Waals surface area (Å²) in [5.41, 5.74) is 0.947. The molecule has 1 amide bonds. The van der Waals surface area contributed by atoms with Gasteiger partial charge < -0.3 is 4.90 Å². The molecule has 0 bridgehead atoms. The van der Waals surface area contributed by atoms with Gasteiger partial charge in [0.15, 0.2) is 0 Å². The minimum absolute atomic E-state index is 0.0675. The smallest absolute Gasteiger partial charge is 0.233 e. The Kier molecular flexibility index (Phi) is 3.83. The number of aromatic nitrogens is 3. The van der Waals surface area contributed by atoms with Gasteiger partial charge in [-0.15, -0.1) is 11.3 Å². The lowest BCUT2D eigenvalue weighted by molar-refractivity contribution is -0.134. The lowest BCUT2D eigenvalue weighted by Crippen LogP contribution is -2.39. The highest BCUT2D eigenvalue weighted by molar-refractivity contribution is 7.10. The van der Waals surface area contributed by atoms with Gasteiger partial charge in [0, 0.05) is 30.0 Å². The highest BCUT2D eigenvalue weighted by atomic mass is 32.1. The molecule has 0 aromatic carbocycles. The van der Waals surface area contributed by atoms with Crippen LogP contribution in [0.4, 0.5) is 0 Å². The van der Waals surface area contributed by atoms with Crippen molar-refractivity contribution in [3.05, 3.63) is 52.7 Å². The number of carbonyl (C=O) groups is 1. The largest absolute Gasteiger partial charge is 0.334 e. The maximum atomic E-state index is 12.7. The molecule has 0 aliphatic carbocycles. The summed E-state index contributed by atoms with van der Waals surface area (Å²) in [7, 11) is 0. The molecule has 1 aliphatic rings. The zero-order valence-electron chi connectivity index (χ0n) is 12.8. The molecule has 4 heterocycles. The minimum atomic E-state index is 0.0675. The summed E-state index contributed by atoms with van der Waals surface area (Å²) < 4.78 is 1.89. The molecule has 4 rings (SSSR count). The monoisotopic (exact) mass is 326 g/mol. The first-order valence-electron chi connectivity index (χ1n) is 7.93. The first kappa shape index (κ1) is 14.4. The third-order valence-electron chi connectivity index (χ3n) is 4.35. The second-order valence-electron chi connectivity index (χ2n) is 5.84. The fraction of sp³-hybridized carbons (Fsp3) is 0.353. The van der Waals surface area contributed by atoms with Crippen molar-refractivity contribution in [1.29, 1.82) is 0 Å². The number of rotatable bonds is 3. The quantitative estimate of drug-likeness (QED) is 0.743. The van der Waals surface area contributed by atoms with E-state index in [4.69, 9.17) is 0 Å². The van der Waals surface area contributed by atoms with Crippen molar-refractivity contribution in [3.63, 3.8) is 0 Å². The number of piperidine rings is 1. The molecular weight excluding hydrogens is 308 g/mol. The van der Waals surface area contributed by atoms with Gasteiger partial charge in [-0.25, -0.2) is 9.97 Å². The topological polar surface area (TPSA) is 50.5 Å². The van der Waals surface area contributed by atoms with Crippen molar-refractivity contribution >= 4 is 23.0 Å². The second kappa shape index (κ2) is 6.12. The highest BCUT2D eigenvalue weighted by Crippen LogP contribution is 2.30. The molecule has 1 fully saturated rings. The number of fused-ring (bicyclic) bond motifs is 1. The average molecular weight is 326 g/mol. The summed E-state index contributed by atoms with van der Waals surface area (Å²) in [6.07, 6.45) is 9.26. The Balaban J connectivity index is 1.60. The molecule has 5 nitrogen and oxygen atoms in total. The minimum Gasteiger partial charge on any atom is -0.334 e. The van der Waals surface area contributed by atoms with Crippen molar-refractivity contribution in [2.45, 2.75) is 31.7 Å². The van der Waals surface area contributed by atoms with Crippen molar-refractivity contribution < 1.29 is 4.79 Å². The van der Waals surface area contributed by atoms with E-state index >= 15 is 0 Å². The molecule has 0 N–H and O–H groups in total. The summed E-state index contributed by atoms with van der Waals surface area (Å²) in [6, 6.07) is 6.10. The van der Waals surface area contributed by atoms with Gasteiger partial charge in [-0.2, -0.15) is 0 Å². The van der Waals surface area contributed by atoms with E-state index in [2.05, 4.69) is 9.97 Å². The van der Waals surface area contributed by atoms with Gasteiger partial charge in [-0.1, -0.05) is 6.07 Å². The van der Waals surface area contributed by atoms with Gasteiger partial charge in [0.1, 0.15) is 0 Å². The van der Waals surface area contributed by atoms with Crippen LogP contribution in [0.5, 0.6) is 0 Å². The number of thiophene rings is 1. The van der Waals surface area contributed by atoms with Crippen LogP contribution >= 0.6 is 11.3 Å². The number of nitrogens with zero attached hydrogens (tertiary/aromatic N) is 4. The molecular formula is C17H18N4OS. The SMILES string of the molecule is O=C(Cc1cccs1)N1CCCC[C@H]1c1ccn2ccnc2n1. The van der Waals surface area contributed by atoms with E-state index in [1.807, 2.05) is 45.3 Å². The normalized spacial score (nSPS) is 18.4. The van der Waals surface area contributed by atoms with Crippen molar-refractivity contribution in [2.75, 3.05) is 6.54 Å². The predicted molar refractivity (Wildman–Crippen MR) is 89.3 cm³/mol. The third kappa shape index (κ3) is 2.86. The van der Waals surface area contributed by atoms with Crippen LogP contribution in [0.3, 0.4) is 0 Å². The summed E-state index contributed by atoms with van der Waals surface area (Å²) >= 11 is 1.64. The van der Waals surface area contributed by atoms with Crippen molar-refractivity contribution in [2.24, 2.45) is 0 Å². The van der Waals surface area contributed by atoms with Gasteiger partial charge >= 0.3 is 0 Å². The van der Waals surface area contributed by atoms with E-state index in [0.29, 0.717) is 12.2 Å². The predicted octanol–water partition coefficient (Wildman–Crippen LogP) is 3.09. The van der Waals surface area contributed by atoms with E-state index in [9.17, 15) is 4.79 Å². The van der Waals surface area contributed by atoms with Gasteiger partial charge in [0.25, 0.3) is 0 Å². The van der Waals surface area contributed by atoms with E-state index in [1.165, 1.54) is 0 Å². The van der Waals surface area contributed by atoms with Crippen LogP contribution in [0.25, 0.3) is 5.78 Å². The Bertz CT molecular complexity index is 811. The molecule has 118 valence electrons. The molecule has 6 heteroatoms. The van der Waals surface area contributed by atoms with Gasteiger partial charge in [0.2, 0.25) is 11.7 Å². The van der Waals surface area contributed by atoms with Crippen LogP contribution in [0.1, 0.15) is 35.9 Å². The Morgan fingerprint density at radius 3 is 3.13 bits per heavy atom. The Morgan fingerprint density at radius 1 is 1.30 bits per heavy atom. The van der Waals surface area contributed by atoms with E-state index in [-0.39, 0.29) is 11.9 Å². The van der Waals surface area contributed by atoms with Crippen LogP contribution in [-0.2, 0) is 11.2 Å². The maximum absolute atomic E-state index is 12.7. The molecule has 23 heavy (non-hydrogen) atoms. The number of hydrogen-bond acceptors (Lipinski definition) is 4. The van der Waals surface area contributed by atoms with Gasteiger partial charge in [-0.05, 0) is 36.8 Å². The zero-order valence-corrected chi connectivity index (χ0v) is 13.6. The standard InChI is InChI=1S/C17H18N4OS/c22-16(12-13-4-3-11-23-13)21-8-2-1-5-15(21)14-6-9-20-10-7-18-17(20)19-14/h3-4,6-7,9-11,15H,1-2,5,8,12H2/t15-/m0/s1. The van der Waals surface area contributed by atoms with Crippen molar-refractivity contribution in [3.8, 4) is 0 Å². The van der Waals surface area contributed by atoms with Crippen LogP contribution in [0.15, 0.2) is 42.2 Å². The number of amides is 1. The summed E-state index contributed by atoms with van der Waals surface area (Å²) in [5.74, 6) is 0.890. The van der Waals surface area contributed by atoms with Gasteiger partial charge in [-0.3, -0.25) is 9.20 Å². The summed E-state index contributed by atoms with van der Waals surface area (Å²) in [5, 5.41) is 2.02. The Hall–Kier alpha value is -2.21. The summed E-state index contributed by atoms with van der Waals surface area (Å²) in [6.45, 7) is 0.816. The van der Waals surface area contributed by atoms with Crippen LogP contribution in [0.2, 0.25) is 0 Å². The molecule has 0 spiro atoms. The first-order valence-corrected chi connectivity index (χ1v) is 8.81. The zero-order chi connectivity index (χ0) is 15.6. The molecule has 1 saturated heterocycles. The molecule has 1 atom stereocenters. The summed E-state index contributed by atoms with van der Waals surface area (Å²) in [4.78, 5) is 24.8.